The normalized spacial score (nSPS) is 12.8. The van der Waals surface area contributed by atoms with Gasteiger partial charge in [0, 0.05) is 17.1 Å². The van der Waals surface area contributed by atoms with Crippen LogP contribution in [0.3, 0.4) is 0 Å². The molecule has 8 heteroatoms. The smallest absolute Gasteiger partial charge is 0.366 e. The highest BCUT2D eigenvalue weighted by Gasteiger charge is 2.34. The first-order valence-electron chi connectivity index (χ1n) is 9.48. The van der Waals surface area contributed by atoms with E-state index in [0.29, 0.717) is 28.9 Å². The number of ether oxygens (including phenoxy) is 1. The largest absolute Gasteiger partial charge is 0.418 e. The first kappa shape index (κ1) is 21.2. The zero-order valence-electron chi connectivity index (χ0n) is 16.4. The minimum Gasteiger partial charge on any atom is -0.366 e. The van der Waals surface area contributed by atoms with Gasteiger partial charge in [0.1, 0.15) is 11.3 Å². The van der Waals surface area contributed by atoms with Crippen molar-refractivity contribution in [2.24, 2.45) is 0 Å². The molecule has 0 amide bonds. The zero-order valence-corrected chi connectivity index (χ0v) is 17.2. The van der Waals surface area contributed by atoms with Crippen LogP contribution in [-0.4, -0.2) is 15.0 Å². The standard InChI is InChI=1S/C23H17ClF3N3O/c1-14(31-13-15-6-3-2-4-7-15)22-29-19-12-16(9-10-17(19)21(24)30-22)20-18(23(25,26)27)8-5-11-28-20/h2-12,14H,13H2,1H3. The molecule has 4 aromatic rings. The van der Waals surface area contributed by atoms with Crippen molar-refractivity contribution < 1.29 is 17.9 Å². The van der Waals surface area contributed by atoms with Gasteiger partial charge in [-0.05, 0) is 36.8 Å². The zero-order chi connectivity index (χ0) is 22.0. The molecule has 0 saturated carbocycles. The number of rotatable bonds is 5. The summed E-state index contributed by atoms with van der Waals surface area (Å²) >= 11 is 6.32. The molecule has 0 fully saturated rings. The monoisotopic (exact) mass is 443 g/mol. The van der Waals surface area contributed by atoms with Crippen molar-refractivity contribution in [1.82, 2.24) is 15.0 Å². The van der Waals surface area contributed by atoms with E-state index in [0.717, 1.165) is 11.6 Å². The van der Waals surface area contributed by atoms with Gasteiger partial charge < -0.3 is 4.74 Å². The molecule has 2 aromatic carbocycles. The first-order valence-corrected chi connectivity index (χ1v) is 9.86. The molecule has 4 nitrogen and oxygen atoms in total. The summed E-state index contributed by atoms with van der Waals surface area (Å²) in [6, 6.07) is 16.6. The Morgan fingerprint density at radius 3 is 2.52 bits per heavy atom. The van der Waals surface area contributed by atoms with Gasteiger partial charge in [-0.1, -0.05) is 48.0 Å². The Morgan fingerprint density at radius 2 is 1.77 bits per heavy atom. The van der Waals surface area contributed by atoms with Crippen LogP contribution < -0.4 is 0 Å². The van der Waals surface area contributed by atoms with Crippen LogP contribution in [0.25, 0.3) is 22.2 Å². The summed E-state index contributed by atoms with van der Waals surface area (Å²) in [6.07, 6.45) is -3.66. The minimum absolute atomic E-state index is 0.165. The van der Waals surface area contributed by atoms with Crippen LogP contribution >= 0.6 is 11.6 Å². The third kappa shape index (κ3) is 4.68. The van der Waals surface area contributed by atoms with E-state index in [1.807, 2.05) is 30.3 Å². The predicted octanol–water partition coefficient (Wildman–Crippen LogP) is 6.64. The van der Waals surface area contributed by atoms with Crippen molar-refractivity contribution in [3.05, 3.63) is 89.0 Å². The van der Waals surface area contributed by atoms with Crippen molar-refractivity contribution in [3.63, 3.8) is 0 Å². The number of alkyl halides is 3. The molecule has 0 radical (unpaired) electrons. The molecule has 31 heavy (non-hydrogen) atoms. The SMILES string of the molecule is CC(OCc1ccccc1)c1nc(Cl)c2ccc(-c3ncccc3C(F)(F)F)cc2n1. The minimum atomic E-state index is -4.52. The number of nitrogens with zero attached hydrogens (tertiary/aromatic N) is 3. The molecular formula is C23H17ClF3N3O. The highest BCUT2D eigenvalue weighted by Crippen LogP contribution is 2.37. The van der Waals surface area contributed by atoms with Gasteiger partial charge in [-0.3, -0.25) is 4.98 Å². The van der Waals surface area contributed by atoms with Crippen molar-refractivity contribution >= 4 is 22.5 Å². The summed E-state index contributed by atoms with van der Waals surface area (Å²) in [4.78, 5) is 12.7. The summed E-state index contributed by atoms with van der Waals surface area (Å²) in [5, 5.41) is 0.743. The molecule has 0 spiro atoms. The van der Waals surface area contributed by atoms with Crippen molar-refractivity contribution in [3.8, 4) is 11.3 Å². The van der Waals surface area contributed by atoms with Crippen LogP contribution in [0.5, 0.6) is 0 Å². The van der Waals surface area contributed by atoms with E-state index in [1.54, 1.807) is 13.0 Å². The van der Waals surface area contributed by atoms with Gasteiger partial charge in [-0.15, -0.1) is 0 Å². The molecule has 0 aliphatic heterocycles. The topological polar surface area (TPSA) is 47.9 Å². The number of hydrogen-bond donors (Lipinski definition) is 0. The van der Waals surface area contributed by atoms with E-state index < -0.39 is 17.8 Å². The maximum Gasteiger partial charge on any atom is 0.418 e. The number of fused-ring (bicyclic) bond motifs is 1. The fourth-order valence-corrected chi connectivity index (χ4v) is 3.42. The van der Waals surface area contributed by atoms with Gasteiger partial charge in [0.05, 0.1) is 23.4 Å². The Hall–Kier alpha value is -3.03. The van der Waals surface area contributed by atoms with Gasteiger partial charge in [0.25, 0.3) is 0 Å². The van der Waals surface area contributed by atoms with Gasteiger partial charge >= 0.3 is 6.18 Å². The molecule has 0 aliphatic carbocycles. The molecule has 1 unspecified atom stereocenters. The summed E-state index contributed by atoms with van der Waals surface area (Å²) in [5.74, 6) is 0.350. The van der Waals surface area contributed by atoms with E-state index >= 15 is 0 Å². The lowest BCUT2D eigenvalue weighted by atomic mass is 10.0. The van der Waals surface area contributed by atoms with Crippen molar-refractivity contribution in [2.75, 3.05) is 0 Å². The molecule has 0 aliphatic rings. The van der Waals surface area contributed by atoms with E-state index in [-0.39, 0.29) is 10.8 Å². The molecule has 0 N–H and O–H groups in total. The Labute approximate surface area is 181 Å². The fraction of sp³-hybridized carbons (Fsp3) is 0.174. The highest BCUT2D eigenvalue weighted by molar-refractivity contribution is 6.34. The Kier molecular flexibility index (Phi) is 5.89. The summed E-state index contributed by atoms with van der Waals surface area (Å²) in [6.45, 7) is 2.16. The van der Waals surface area contributed by atoms with Crippen LogP contribution in [0, 0.1) is 0 Å². The van der Waals surface area contributed by atoms with E-state index in [9.17, 15) is 13.2 Å². The number of hydrogen-bond acceptors (Lipinski definition) is 4. The molecule has 2 aromatic heterocycles. The molecular weight excluding hydrogens is 427 g/mol. The van der Waals surface area contributed by atoms with Crippen LogP contribution in [0.1, 0.15) is 30.0 Å². The number of aromatic nitrogens is 3. The summed E-state index contributed by atoms with van der Waals surface area (Å²) in [5.41, 5.74) is 0.731. The number of halogens is 4. The third-order valence-corrected chi connectivity index (χ3v) is 5.05. The highest BCUT2D eigenvalue weighted by atomic mass is 35.5. The fourth-order valence-electron chi connectivity index (χ4n) is 3.17. The Morgan fingerprint density at radius 1 is 1.00 bits per heavy atom. The molecule has 0 bridgehead atoms. The average Bonchev–Trinajstić information content (AvgIpc) is 2.77. The van der Waals surface area contributed by atoms with Crippen molar-refractivity contribution in [2.45, 2.75) is 25.8 Å². The summed E-state index contributed by atoms with van der Waals surface area (Å²) < 4.78 is 46.1. The van der Waals surface area contributed by atoms with Crippen LogP contribution in [0.2, 0.25) is 5.15 Å². The molecule has 1 atom stereocenters. The van der Waals surface area contributed by atoms with E-state index in [2.05, 4.69) is 15.0 Å². The summed E-state index contributed by atoms with van der Waals surface area (Å²) in [7, 11) is 0. The lowest BCUT2D eigenvalue weighted by Crippen LogP contribution is -2.08. The van der Waals surface area contributed by atoms with Gasteiger partial charge in [-0.2, -0.15) is 13.2 Å². The average molecular weight is 444 g/mol. The van der Waals surface area contributed by atoms with Crippen LogP contribution in [0.15, 0.2) is 66.9 Å². The third-order valence-electron chi connectivity index (χ3n) is 4.76. The number of benzene rings is 2. The van der Waals surface area contributed by atoms with Gasteiger partial charge in [-0.25, -0.2) is 9.97 Å². The van der Waals surface area contributed by atoms with Crippen molar-refractivity contribution in [1.29, 1.82) is 0 Å². The molecule has 2 heterocycles. The second kappa shape index (κ2) is 8.61. The second-order valence-electron chi connectivity index (χ2n) is 6.94. The van der Waals surface area contributed by atoms with Crippen LogP contribution in [-0.2, 0) is 17.5 Å². The predicted molar refractivity (Wildman–Crippen MR) is 112 cm³/mol. The number of pyridine rings is 1. The molecule has 0 saturated heterocycles. The second-order valence-corrected chi connectivity index (χ2v) is 7.30. The Bertz CT molecular complexity index is 1220. The van der Waals surface area contributed by atoms with E-state index in [4.69, 9.17) is 16.3 Å². The molecule has 4 rings (SSSR count). The maximum absolute atomic E-state index is 13.4. The van der Waals surface area contributed by atoms with E-state index in [1.165, 1.54) is 24.4 Å². The van der Waals surface area contributed by atoms with Gasteiger partial charge in [0.15, 0.2) is 5.82 Å². The Balaban J connectivity index is 1.69. The van der Waals surface area contributed by atoms with Crippen LogP contribution in [0.4, 0.5) is 13.2 Å². The lowest BCUT2D eigenvalue weighted by Gasteiger charge is -2.14. The lowest BCUT2D eigenvalue weighted by molar-refractivity contribution is -0.137. The molecule has 158 valence electrons. The van der Waals surface area contributed by atoms with Gasteiger partial charge in [0.2, 0.25) is 0 Å². The maximum atomic E-state index is 13.4. The first-order chi connectivity index (χ1) is 14.8. The quantitative estimate of drug-likeness (QED) is 0.324.